The van der Waals surface area contributed by atoms with Crippen molar-refractivity contribution in [3.8, 4) is 0 Å². The molecule has 2 aromatic rings. The van der Waals surface area contributed by atoms with E-state index in [-0.39, 0.29) is 0 Å². The van der Waals surface area contributed by atoms with Gasteiger partial charge in [-0.2, -0.15) is 0 Å². The SMILES string of the molecule is O=[S+]1([O-])NC2(CCCN(Cc3cncs3)C2)CNc2ccccc21. The van der Waals surface area contributed by atoms with Crippen molar-refractivity contribution in [2.45, 2.75) is 29.8 Å². The third-order valence-electron chi connectivity index (χ3n) is 4.66. The monoisotopic (exact) mass is 364 g/mol. The minimum absolute atomic E-state index is 0.335. The summed E-state index contributed by atoms with van der Waals surface area (Å²) >= 11 is 1.64. The highest BCUT2D eigenvalue weighted by molar-refractivity contribution is 7.96. The van der Waals surface area contributed by atoms with Crippen LogP contribution in [0.2, 0.25) is 0 Å². The molecule has 0 radical (unpaired) electrons. The van der Waals surface area contributed by atoms with Crippen LogP contribution in [0.15, 0.2) is 40.9 Å². The standard InChI is InChI=1S/C16H20N4O2S2/c21-24(22)15-5-2-1-4-14(15)18-10-16(19-24)6-3-7-20(11-16)9-13-8-17-12-23-13/h1-2,4-5,8,12,18H,3,6-7,9-11H2,(H-,19,21,22). The summed E-state index contributed by atoms with van der Waals surface area (Å²) in [6.45, 7) is 3.10. The fourth-order valence-corrected chi connectivity index (χ4v) is 5.86. The van der Waals surface area contributed by atoms with Crippen LogP contribution in [0, 0.1) is 0 Å². The number of anilines is 1. The van der Waals surface area contributed by atoms with Gasteiger partial charge in [0.15, 0.2) is 15.3 Å². The fraction of sp³-hybridized carbons (Fsp3) is 0.438. The molecule has 2 aliphatic heterocycles. The average molecular weight is 364 g/mol. The number of fused-ring (bicyclic) bond motifs is 1. The molecule has 0 bridgehead atoms. The van der Waals surface area contributed by atoms with Crippen LogP contribution in [-0.4, -0.2) is 39.6 Å². The summed E-state index contributed by atoms with van der Waals surface area (Å²) in [5.41, 5.74) is 2.05. The first-order chi connectivity index (χ1) is 11.6. The van der Waals surface area contributed by atoms with Gasteiger partial charge >= 0.3 is 0 Å². The lowest BCUT2D eigenvalue weighted by Gasteiger charge is -2.41. The Hall–Kier alpha value is -1.32. The molecule has 0 amide bonds. The van der Waals surface area contributed by atoms with Crippen molar-refractivity contribution in [3.63, 3.8) is 0 Å². The van der Waals surface area contributed by atoms with E-state index in [0.29, 0.717) is 23.7 Å². The first-order valence-electron chi connectivity index (χ1n) is 8.03. The summed E-state index contributed by atoms with van der Waals surface area (Å²) in [4.78, 5) is 7.98. The molecule has 1 aromatic heterocycles. The maximum absolute atomic E-state index is 12.8. The Labute approximate surface area is 146 Å². The highest BCUT2D eigenvalue weighted by Gasteiger charge is 2.44. The second-order valence-corrected chi connectivity index (χ2v) is 9.14. The van der Waals surface area contributed by atoms with E-state index in [4.69, 9.17) is 0 Å². The lowest BCUT2D eigenvalue weighted by atomic mass is 9.90. The number of para-hydroxylation sites is 1. The molecule has 1 fully saturated rings. The Morgan fingerprint density at radius 1 is 1.42 bits per heavy atom. The van der Waals surface area contributed by atoms with E-state index in [9.17, 15) is 8.76 Å². The largest absolute Gasteiger partial charge is 0.593 e. The van der Waals surface area contributed by atoms with Gasteiger partial charge in [-0.1, -0.05) is 16.3 Å². The Kier molecular flexibility index (Phi) is 4.17. The van der Waals surface area contributed by atoms with Gasteiger partial charge in [0.05, 0.1) is 16.7 Å². The minimum atomic E-state index is -3.52. The maximum atomic E-state index is 12.8. The molecule has 2 N–H and O–H groups in total. The van der Waals surface area contributed by atoms with Crippen molar-refractivity contribution in [2.75, 3.05) is 25.0 Å². The number of piperidine rings is 1. The molecule has 2 unspecified atom stereocenters. The third kappa shape index (κ3) is 3.12. The van der Waals surface area contributed by atoms with Gasteiger partial charge in [-0.15, -0.1) is 16.1 Å². The number of thiazole rings is 1. The highest BCUT2D eigenvalue weighted by Crippen LogP contribution is 2.33. The molecule has 2 aliphatic rings. The van der Waals surface area contributed by atoms with E-state index in [1.807, 2.05) is 23.8 Å². The van der Waals surface area contributed by atoms with E-state index in [2.05, 4.69) is 19.9 Å². The van der Waals surface area contributed by atoms with Crippen molar-refractivity contribution in [1.29, 1.82) is 0 Å². The molecule has 4 rings (SSSR count). The van der Waals surface area contributed by atoms with Gasteiger partial charge in [-0.3, -0.25) is 9.88 Å². The summed E-state index contributed by atoms with van der Waals surface area (Å²) < 4.78 is 28.6. The van der Waals surface area contributed by atoms with E-state index >= 15 is 0 Å². The molecule has 1 saturated heterocycles. The van der Waals surface area contributed by atoms with Crippen molar-refractivity contribution < 1.29 is 8.76 Å². The van der Waals surface area contributed by atoms with E-state index < -0.39 is 15.9 Å². The zero-order valence-electron chi connectivity index (χ0n) is 13.2. The van der Waals surface area contributed by atoms with E-state index in [1.165, 1.54) is 4.88 Å². The zero-order valence-corrected chi connectivity index (χ0v) is 14.9. The molecule has 8 heteroatoms. The van der Waals surface area contributed by atoms with E-state index in [0.717, 1.165) is 25.9 Å². The summed E-state index contributed by atoms with van der Waals surface area (Å²) in [6.07, 6.45) is 3.70. The first kappa shape index (κ1) is 16.2. The predicted octanol–water partition coefficient (Wildman–Crippen LogP) is 2.10. The number of likely N-dealkylation sites (tertiary alicyclic amines) is 1. The van der Waals surface area contributed by atoms with Gasteiger partial charge < -0.3 is 9.87 Å². The van der Waals surface area contributed by atoms with Gasteiger partial charge in [0, 0.05) is 30.7 Å². The van der Waals surface area contributed by atoms with Gasteiger partial charge in [0.1, 0.15) is 0 Å². The third-order valence-corrected chi connectivity index (χ3v) is 7.06. The molecule has 6 nitrogen and oxygen atoms in total. The normalized spacial score (nSPS) is 30.5. The average Bonchev–Trinajstić information content (AvgIpc) is 3.02. The number of nitrogens with zero attached hydrogens (tertiary/aromatic N) is 2. The Morgan fingerprint density at radius 2 is 2.29 bits per heavy atom. The predicted molar refractivity (Wildman–Crippen MR) is 94.5 cm³/mol. The van der Waals surface area contributed by atoms with Crippen LogP contribution >= 0.6 is 11.3 Å². The highest BCUT2D eigenvalue weighted by atomic mass is 32.3. The van der Waals surface area contributed by atoms with Crippen molar-refractivity contribution in [1.82, 2.24) is 14.6 Å². The number of rotatable bonds is 2. The maximum Gasteiger partial charge on any atom is 0.198 e. The fourth-order valence-electron chi connectivity index (χ4n) is 3.62. The molecule has 0 aliphatic carbocycles. The second-order valence-electron chi connectivity index (χ2n) is 6.52. The smallest absolute Gasteiger partial charge is 0.198 e. The molecule has 1 aromatic carbocycles. The van der Waals surface area contributed by atoms with Crippen LogP contribution < -0.4 is 10.0 Å². The number of sulfonamides is 1. The minimum Gasteiger partial charge on any atom is -0.593 e. The van der Waals surface area contributed by atoms with Crippen LogP contribution in [0.5, 0.6) is 0 Å². The number of benzene rings is 1. The second kappa shape index (κ2) is 6.20. The molecular weight excluding hydrogens is 344 g/mol. The molecule has 0 saturated carbocycles. The summed E-state index contributed by atoms with van der Waals surface area (Å²) in [5.74, 6) is 0. The Balaban J connectivity index is 1.58. The summed E-state index contributed by atoms with van der Waals surface area (Å²) in [6, 6.07) is 7.10. The van der Waals surface area contributed by atoms with Crippen LogP contribution in [0.1, 0.15) is 17.7 Å². The molecule has 128 valence electrons. The number of aromatic nitrogens is 1. The zero-order chi connectivity index (χ0) is 16.6. The molecule has 1 spiro atoms. The lowest BCUT2D eigenvalue weighted by molar-refractivity contribution is 0.138. The Morgan fingerprint density at radius 3 is 3.12 bits per heavy atom. The number of nitrogens with one attached hydrogen (secondary N) is 2. The van der Waals surface area contributed by atoms with E-state index in [1.54, 1.807) is 23.5 Å². The van der Waals surface area contributed by atoms with Gasteiger partial charge in [0.25, 0.3) is 0 Å². The molecule has 2 atom stereocenters. The van der Waals surface area contributed by atoms with Gasteiger partial charge in [-0.05, 0) is 31.5 Å². The van der Waals surface area contributed by atoms with Crippen LogP contribution in [-0.2, 0) is 21.2 Å². The lowest BCUT2D eigenvalue weighted by Crippen LogP contribution is -2.61. The van der Waals surface area contributed by atoms with Crippen LogP contribution in [0.4, 0.5) is 5.69 Å². The summed E-state index contributed by atoms with van der Waals surface area (Å²) in [5, 5.41) is 3.34. The van der Waals surface area contributed by atoms with Crippen molar-refractivity contribution in [2.24, 2.45) is 0 Å². The first-order valence-corrected chi connectivity index (χ1v) is 10.4. The molecular formula is C16H20N4O2S2. The molecule has 24 heavy (non-hydrogen) atoms. The van der Waals surface area contributed by atoms with Gasteiger partial charge in [0.2, 0.25) is 0 Å². The van der Waals surface area contributed by atoms with Crippen molar-refractivity contribution in [3.05, 3.63) is 40.8 Å². The topological polar surface area (TPSA) is 80.3 Å². The summed E-state index contributed by atoms with van der Waals surface area (Å²) in [7, 11) is -3.52. The van der Waals surface area contributed by atoms with Crippen LogP contribution in [0.25, 0.3) is 0 Å². The number of hydrogen-bond acceptors (Lipinski definition) is 6. The van der Waals surface area contributed by atoms with Crippen molar-refractivity contribution >= 4 is 27.4 Å². The Bertz CT molecular complexity index is 767. The molecule has 3 heterocycles. The van der Waals surface area contributed by atoms with Gasteiger partial charge in [-0.25, -0.2) is 0 Å². The quantitative estimate of drug-likeness (QED) is 0.798. The van der Waals surface area contributed by atoms with Crippen LogP contribution in [0.3, 0.4) is 0 Å². The number of hydrogen-bond donors (Lipinski definition) is 2.